The number of hydrogen-bond acceptors (Lipinski definition) is 1. The molecular formula is C17H18S. The highest BCUT2D eigenvalue weighted by Gasteiger charge is 2.07. The summed E-state index contributed by atoms with van der Waals surface area (Å²) in [4.78, 5) is 0. The molecule has 18 heavy (non-hydrogen) atoms. The van der Waals surface area contributed by atoms with Crippen LogP contribution in [-0.4, -0.2) is 0 Å². The van der Waals surface area contributed by atoms with Gasteiger partial charge in [-0.25, -0.2) is 0 Å². The van der Waals surface area contributed by atoms with E-state index < -0.39 is 0 Å². The molecule has 1 heteroatoms. The van der Waals surface area contributed by atoms with Gasteiger partial charge in [0.25, 0.3) is 0 Å². The summed E-state index contributed by atoms with van der Waals surface area (Å²) in [7, 11) is 0. The van der Waals surface area contributed by atoms with E-state index >= 15 is 0 Å². The molecule has 0 fully saturated rings. The largest absolute Gasteiger partial charge is 0.135 e. The minimum atomic E-state index is 0.596. The van der Waals surface area contributed by atoms with E-state index in [1.54, 1.807) is 0 Å². The summed E-state index contributed by atoms with van der Waals surface area (Å²) in [6.45, 7) is 6.73. The van der Waals surface area contributed by atoms with Crippen LogP contribution in [0.2, 0.25) is 0 Å². The fourth-order valence-electron chi connectivity index (χ4n) is 2.42. The van der Waals surface area contributed by atoms with Crippen molar-refractivity contribution >= 4 is 31.5 Å². The summed E-state index contributed by atoms with van der Waals surface area (Å²) in [5, 5.41) is 2.85. The van der Waals surface area contributed by atoms with Crippen LogP contribution >= 0.6 is 11.3 Å². The Morgan fingerprint density at radius 2 is 1.61 bits per heavy atom. The first-order valence-corrected chi connectivity index (χ1v) is 7.45. The number of thiophene rings is 1. The molecule has 2 aromatic carbocycles. The molecule has 0 bridgehead atoms. The average Bonchev–Trinajstić information content (AvgIpc) is 2.75. The zero-order valence-electron chi connectivity index (χ0n) is 11.2. The lowest BCUT2D eigenvalue weighted by Gasteiger charge is -2.05. The third-order valence-electron chi connectivity index (χ3n) is 3.63. The normalized spacial score (nSPS) is 11.8. The van der Waals surface area contributed by atoms with Crippen LogP contribution in [0.15, 0.2) is 36.4 Å². The molecule has 0 amide bonds. The van der Waals surface area contributed by atoms with Gasteiger partial charge in [0.05, 0.1) is 0 Å². The molecule has 0 nitrogen and oxygen atoms in total. The number of hydrogen-bond donors (Lipinski definition) is 0. The molecule has 0 spiro atoms. The second kappa shape index (κ2) is 4.40. The zero-order valence-corrected chi connectivity index (χ0v) is 12.0. The van der Waals surface area contributed by atoms with Crippen molar-refractivity contribution in [2.24, 2.45) is 0 Å². The fourth-order valence-corrected chi connectivity index (χ4v) is 3.49. The molecule has 1 heterocycles. The smallest absolute Gasteiger partial charge is 0.0355 e. The molecule has 0 aliphatic carbocycles. The van der Waals surface area contributed by atoms with Crippen LogP contribution in [0.4, 0.5) is 0 Å². The number of rotatable bonds is 2. The maximum absolute atomic E-state index is 2.37. The molecule has 0 N–H and O–H groups in total. The Labute approximate surface area is 112 Å². The van der Waals surface area contributed by atoms with Crippen LogP contribution in [0.25, 0.3) is 20.2 Å². The molecule has 0 atom stereocenters. The van der Waals surface area contributed by atoms with Gasteiger partial charge in [-0.1, -0.05) is 32.9 Å². The van der Waals surface area contributed by atoms with E-state index in [4.69, 9.17) is 0 Å². The van der Waals surface area contributed by atoms with E-state index in [1.807, 2.05) is 11.3 Å². The van der Waals surface area contributed by atoms with Crippen LogP contribution < -0.4 is 0 Å². The fraction of sp³-hybridized carbons (Fsp3) is 0.294. The molecule has 0 unspecified atom stereocenters. The molecule has 0 saturated carbocycles. The Morgan fingerprint density at radius 1 is 0.944 bits per heavy atom. The first-order valence-electron chi connectivity index (χ1n) is 6.64. The average molecular weight is 254 g/mol. The van der Waals surface area contributed by atoms with E-state index in [0.29, 0.717) is 5.92 Å². The van der Waals surface area contributed by atoms with Crippen LogP contribution in [0.3, 0.4) is 0 Å². The number of benzene rings is 2. The van der Waals surface area contributed by atoms with Crippen LogP contribution in [-0.2, 0) is 6.42 Å². The molecule has 3 aromatic rings. The zero-order chi connectivity index (χ0) is 12.7. The summed E-state index contributed by atoms with van der Waals surface area (Å²) in [6.07, 6.45) is 1.11. The SMILES string of the molecule is CCc1ccc2sc3ccc(C(C)C)cc3c2c1. The van der Waals surface area contributed by atoms with Gasteiger partial charge in [-0.15, -0.1) is 11.3 Å². The van der Waals surface area contributed by atoms with Crippen molar-refractivity contribution in [3.05, 3.63) is 47.5 Å². The van der Waals surface area contributed by atoms with Gasteiger partial charge in [-0.2, -0.15) is 0 Å². The minimum Gasteiger partial charge on any atom is -0.135 e. The van der Waals surface area contributed by atoms with E-state index in [2.05, 4.69) is 57.2 Å². The Hall–Kier alpha value is -1.34. The summed E-state index contributed by atoms with van der Waals surface area (Å²) in [5.41, 5.74) is 2.86. The third-order valence-corrected chi connectivity index (χ3v) is 4.78. The second-order valence-electron chi connectivity index (χ2n) is 5.20. The van der Waals surface area contributed by atoms with Gasteiger partial charge in [0.2, 0.25) is 0 Å². The summed E-state index contributed by atoms with van der Waals surface area (Å²) >= 11 is 1.90. The molecule has 1 aromatic heterocycles. The monoisotopic (exact) mass is 254 g/mol. The Bertz CT molecular complexity index is 704. The molecule has 0 radical (unpaired) electrons. The molecule has 0 saturated heterocycles. The van der Waals surface area contributed by atoms with E-state index in [0.717, 1.165) is 6.42 Å². The predicted octanol–water partition coefficient (Wildman–Crippen LogP) is 5.74. The lowest BCUT2D eigenvalue weighted by Crippen LogP contribution is -1.85. The van der Waals surface area contributed by atoms with Gasteiger partial charge in [-0.3, -0.25) is 0 Å². The maximum atomic E-state index is 2.37. The first kappa shape index (κ1) is 11.7. The summed E-state index contributed by atoms with van der Waals surface area (Å²) in [5.74, 6) is 0.596. The highest BCUT2D eigenvalue weighted by atomic mass is 32.1. The number of fused-ring (bicyclic) bond motifs is 3. The van der Waals surface area contributed by atoms with Crippen molar-refractivity contribution in [1.82, 2.24) is 0 Å². The maximum Gasteiger partial charge on any atom is 0.0355 e. The highest BCUT2D eigenvalue weighted by Crippen LogP contribution is 2.36. The van der Waals surface area contributed by atoms with Gasteiger partial charge in [-0.05, 0) is 47.7 Å². The van der Waals surface area contributed by atoms with E-state index in [9.17, 15) is 0 Å². The first-order chi connectivity index (χ1) is 8.69. The summed E-state index contributed by atoms with van der Waals surface area (Å²) in [6, 6.07) is 13.8. The van der Waals surface area contributed by atoms with Gasteiger partial charge < -0.3 is 0 Å². The summed E-state index contributed by atoms with van der Waals surface area (Å²) < 4.78 is 2.81. The van der Waals surface area contributed by atoms with E-state index in [-0.39, 0.29) is 0 Å². The van der Waals surface area contributed by atoms with Gasteiger partial charge in [0.15, 0.2) is 0 Å². The van der Waals surface area contributed by atoms with Crippen molar-refractivity contribution in [3.63, 3.8) is 0 Å². The van der Waals surface area contributed by atoms with Crippen molar-refractivity contribution in [2.45, 2.75) is 33.1 Å². The quantitative estimate of drug-likeness (QED) is 0.547. The Kier molecular flexibility index (Phi) is 2.87. The number of aryl methyl sites for hydroxylation is 1. The van der Waals surface area contributed by atoms with E-state index in [1.165, 1.54) is 31.3 Å². The van der Waals surface area contributed by atoms with Crippen molar-refractivity contribution < 1.29 is 0 Å². The van der Waals surface area contributed by atoms with Gasteiger partial charge in [0.1, 0.15) is 0 Å². The molecular weight excluding hydrogens is 236 g/mol. The van der Waals surface area contributed by atoms with Crippen molar-refractivity contribution in [2.75, 3.05) is 0 Å². The topological polar surface area (TPSA) is 0 Å². The lowest BCUT2D eigenvalue weighted by molar-refractivity contribution is 0.869. The van der Waals surface area contributed by atoms with Crippen molar-refractivity contribution in [1.29, 1.82) is 0 Å². The Balaban J connectivity index is 2.34. The molecule has 0 aliphatic heterocycles. The third kappa shape index (κ3) is 1.83. The molecule has 0 aliphatic rings. The lowest BCUT2D eigenvalue weighted by atomic mass is 10.00. The van der Waals surface area contributed by atoms with Gasteiger partial charge in [0, 0.05) is 20.2 Å². The predicted molar refractivity (Wildman–Crippen MR) is 82.8 cm³/mol. The Morgan fingerprint density at radius 3 is 2.28 bits per heavy atom. The minimum absolute atomic E-state index is 0.596. The molecule has 3 rings (SSSR count). The standard InChI is InChI=1S/C17H18S/c1-4-12-5-7-16-14(9-12)15-10-13(11(2)3)6-8-17(15)18-16/h5-11H,4H2,1-3H3. The van der Waals surface area contributed by atoms with Crippen LogP contribution in [0, 0.1) is 0 Å². The van der Waals surface area contributed by atoms with Crippen molar-refractivity contribution in [3.8, 4) is 0 Å². The van der Waals surface area contributed by atoms with Crippen LogP contribution in [0.5, 0.6) is 0 Å². The highest BCUT2D eigenvalue weighted by molar-refractivity contribution is 7.25. The second-order valence-corrected chi connectivity index (χ2v) is 6.28. The van der Waals surface area contributed by atoms with Crippen LogP contribution in [0.1, 0.15) is 37.8 Å². The van der Waals surface area contributed by atoms with Gasteiger partial charge >= 0.3 is 0 Å². The molecule has 92 valence electrons.